The number of fused-ring (bicyclic) bond motifs is 2. The van der Waals surface area contributed by atoms with Crippen molar-refractivity contribution in [3.8, 4) is 0 Å². The Hall–Kier alpha value is -5.65. The highest BCUT2D eigenvalue weighted by Gasteiger charge is 2.77. The molecule has 4 aromatic rings. The summed E-state index contributed by atoms with van der Waals surface area (Å²) < 4.78 is 88.4. The molecular formula is C41H28F6O6. The summed E-state index contributed by atoms with van der Waals surface area (Å²) in [5, 5.41) is 0. The molecule has 0 bridgehead atoms. The van der Waals surface area contributed by atoms with Crippen molar-refractivity contribution in [3.63, 3.8) is 0 Å². The molecule has 0 unspecified atom stereocenters. The van der Waals surface area contributed by atoms with E-state index in [9.17, 15) is 31.1 Å². The van der Waals surface area contributed by atoms with E-state index in [-0.39, 0.29) is 45.6 Å². The second-order valence-electron chi connectivity index (χ2n) is 13.4. The number of carbonyl (C=O) groups excluding carboxylic acids is 5. The van der Waals surface area contributed by atoms with Crippen molar-refractivity contribution in [2.45, 2.75) is 37.5 Å². The summed E-state index contributed by atoms with van der Waals surface area (Å²) in [7, 11) is 0. The van der Waals surface area contributed by atoms with E-state index in [2.05, 4.69) is 6.58 Å². The number of benzene rings is 4. The van der Waals surface area contributed by atoms with Crippen LogP contribution in [0.1, 0.15) is 88.9 Å². The summed E-state index contributed by atoms with van der Waals surface area (Å²) in [6.07, 6.45) is -10.1. The van der Waals surface area contributed by atoms with Crippen molar-refractivity contribution < 1.29 is 55.1 Å². The van der Waals surface area contributed by atoms with Crippen molar-refractivity contribution in [2.24, 2.45) is 16.7 Å². The molecule has 0 saturated heterocycles. The van der Waals surface area contributed by atoms with E-state index in [4.69, 9.17) is 4.74 Å². The molecule has 0 radical (unpaired) electrons. The fourth-order valence-electron chi connectivity index (χ4n) is 8.86. The molecule has 0 N–H and O–H groups in total. The lowest BCUT2D eigenvalue weighted by Gasteiger charge is -2.56. The van der Waals surface area contributed by atoms with Crippen LogP contribution in [0.15, 0.2) is 109 Å². The Balaban J connectivity index is 1.62. The Kier molecular flexibility index (Phi) is 8.24. The van der Waals surface area contributed by atoms with Gasteiger partial charge in [-0.2, -0.15) is 26.3 Å². The molecule has 3 atom stereocenters. The third kappa shape index (κ3) is 4.98. The first kappa shape index (κ1) is 35.7. The third-order valence-corrected chi connectivity index (χ3v) is 11.0. The zero-order valence-corrected chi connectivity index (χ0v) is 27.8. The van der Waals surface area contributed by atoms with Gasteiger partial charge in [-0.25, -0.2) is 4.79 Å². The zero-order valence-electron chi connectivity index (χ0n) is 27.8. The fraction of sp³-hybridized carbons (Fsp3) is 0.244. The van der Waals surface area contributed by atoms with Crippen LogP contribution in [0.25, 0.3) is 0 Å². The van der Waals surface area contributed by atoms with Gasteiger partial charge in [0.15, 0.2) is 23.1 Å². The number of hydrogen-bond donors (Lipinski definition) is 0. The lowest BCUT2D eigenvalue weighted by atomic mass is 9.41. The standard InChI is InChI=1S/C41H28F6O6/c1-3-53-37(52)21(2)30-20-31(22-12-16-24(17-13-22)40(42,43)44)39(35(50)28-10-6-7-11-29(28)36(39)51)32(23-14-18-25(19-15-23)41(45,46)47)38(30)33(48)26-8-4-5-9-27(26)34(38)49/h4-19,30-32H,2-3,20H2,1H3/t30-,31+,32+/m0/s1. The summed E-state index contributed by atoms with van der Waals surface area (Å²) in [5.41, 5.74) is -8.10. The maximum Gasteiger partial charge on any atom is 0.416 e. The van der Waals surface area contributed by atoms with Gasteiger partial charge < -0.3 is 4.74 Å². The molecule has 2 spiro atoms. The van der Waals surface area contributed by atoms with Crippen LogP contribution >= 0.6 is 0 Å². The lowest BCUT2D eigenvalue weighted by Crippen LogP contribution is -2.62. The van der Waals surface area contributed by atoms with Gasteiger partial charge in [0.1, 0.15) is 10.8 Å². The van der Waals surface area contributed by atoms with Crippen molar-refractivity contribution in [1.29, 1.82) is 0 Å². The van der Waals surface area contributed by atoms with E-state index in [0.29, 0.717) is 12.1 Å². The van der Waals surface area contributed by atoms with E-state index in [1.807, 2.05) is 0 Å². The van der Waals surface area contributed by atoms with Gasteiger partial charge in [-0.1, -0.05) is 79.4 Å². The monoisotopic (exact) mass is 730 g/mol. The number of carbonyl (C=O) groups is 5. The molecule has 0 aromatic heterocycles. The Morgan fingerprint density at radius 1 is 0.642 bits per heavy atom. The summed E-state index contributed by atoms with van der Waals surface area (Å²) in [4.78, 5) is 74.4. The molecule has 1 fully saturated rings. The van der Waals surface area contributed by atoms with Gasteiger partial charge in [-0.15, -0.1) is 0 Å². The second-order valence-corrected chi connectivity index (χ2v) is 13.4. The summed E-state index contributed by atoms with van der Waals surface area (Å²) >= 11 is 0. The minimum atomic E-state index is -4.82. The van der Waals surface area contributed by atoms with Gasteiger partial charge in [0, 0.05) is 45.6 Å². The highest BCUT2D eigenvalue weighted by Crippen LogP contribution is 2.71. The van der Waals surface area contributed by atoms with Gasteiger partial charge in [-0.3, -0.25) is 19.2 Å². The molecule has 6 nitrogen and oxygen atoms in total. The Labute approximate surface area is 298 Å². The highest BCUT2D eigenvalue weighted by atomic mass is 19.4. The largest absolute Gasteiger partial charge is 0.463 e. The summed E-state index contributed by atoms with van der Waals surface area (Å²) in [5.74, 6) is -9.42. The zero-order chi connectivity index (χ0) is 38.2. The predicted molar refractivity (Wildman–Crippen MR) is 177 cm³/mol. The van der Waals surface area contributed by atoms with Crippen LogP contribution in [0.3, 0.4) is 0 Å². The normalized spacial score (nSPS) is 21.5. The van der Waals surface area contributed by atoms with Crippen LogP contribution in [0.4, 0.5) is 26.3 Å². The van der Waals surface area contributed by atoms with E-state index in [1.54, 1.807) is 0 Å². The van der Waals surface area contributed by atoms with Crippen molar-refractivity contribution >= 4 is 29.1 Å². The molecule has 4 aromatic carbocycles. The minimum Gasteiger partial charge on any atom is -0.463 e. The molecule has 270 valence electrons. The Morgan fingerprint density at radius 3 is 1.40 bits per heavy atom. The number of Topliss-reactive ketones (excluding diaryl/α,β-unsaturated/α-hetero) is 4. The number of alkyl halides is 6. The highest BCUT2D eigenvalue weighted by molar-refractivity contribution is 6.35. The molecule has 1 saturated carbocycles. The van der Waals surface area contributed by atoms with Crippen molar-refractivity contribution in [1.82, 2.24) is 0 Å². The van der Waals surface area contributed by atoms with Gasteiger partial charge in [0.05, 0.1) is 17.7 Å². The molecule has 53 heavy (non-hydrogen) atoms. The van der Waals surface area contributed by atoms with E-state index >= 15 is 19.2 Å². The molecule has 0 aliphatic heterocycles. The van der Waals surface area contributed by atoms with Crippen LogP contribution in [0.2, 0.25) is 0 Å². The third-order valence-electron chi connectivity index (χ3n) is 11.0. The average molecular weight is 731 g/mol. The van der Waals surface area contributed by atoms with Gasteiger partial charge in [0.2, 0.25) is 0 Å². The molecule has 7 rings (SSSR count). The maximum absolute atomic E-state index is 15.2. The smallest absolute Gasteiger partial charge is 0.416 e. The second kappa shape index (κ2) is 12.2. The average Bonchev–Trinajstić information content (AvgIpc) is 3.48. The van der Waals surface area contributed by atoms with Crippen molar-refractivity contribution in [3.05, 3.63) is 154 Å². The van der Waals surface area contributed by atoms with Crippen molar-refractivity contribution in [2.75, 3.05) is 6.61 Å². The molecule has 0 amide bonds. The molecular weight excluding hydrogens is 702 g/mol. The number of rotatable bonds is 5. The summed E-state index contributed by atoms with van der Waals surface area (Å²) in [6, 6.07) is 18.4. The van der Waals surface area contributed by atoms with Gasteiger partial charge in [0.25, 0.3) is 0 Å². The molecule has 3 aliphatic rings. The number of esters is 1. The Bertz CT molecular complexity index is 2160. The van der Waals surface area contributed by atoms with E-state index in [1.165, 1.54) is 55.5 Å². The first-order chi connectivity index (χ1) is 25.0. The van der Waals surface area contributed by atoms with Crippen LogP contribution in [0.5, 0.6) is 0 Å². The number of ketones is 4. The first-order valence-corrected chi connectivity index (χ1v) is 16.6. The van der Waals surface area contributed by atoms with Crippen LogP contribution < -0.4 is 0 Å². The Morgan fingerprint density at radius 2 is 1.02 bits per heavy atom. The predicted octanol–water partition coefficient (Wildman–Crippen LogP) is 8.86. The quantitative estimate of drug-likeness (QED) is 0.0882. The van der Waals surface area contributed by atoms with E-state index in [0.717, 1.165) is 36.4 Å². The summed E-state index contributed by atoms with van der Waals surface area (Å²) in [6.45, 7) is 5.29. The molecule has 3 aliphatic carbocycles. The van der Waals surface area contributed by atoms with E-state index < -0.39 is 87.6 Å². The molecule has 12 heteroatoms. The van der Waals surface area contributed by atoms with Crippen LogP contribution in [0, 0.1) is 16.7 Å². The minimum absolute atomic E-state index is 0.0244. The SMILES string of the molecule is C=C(C(=O)OCC)[C@@H]1C[C@H](c2ccc(C(F)(F)F)cc2)C2(C(=O)c3ccccc3C2=O)[C@H](c2ccc(C(F)(F)F)cc2)C12C(=O)c1ccccc1C2=O. The van der Waals surface area contributed by atoms with Gasteiger partial charge >= 0.3 is 18.3 Å². The maximum atomic E-state index is 15.2. The molecule has 0 heterocycles. The number of halogens is 6. The number of ether oxygens (including phenoxy) is 1. The van der Waals surface area contributed by atoms with Gasteiger partial charge in [-0.05, 0) is 48.7 Å². The topological polar surface area (TPSA) is 94.6 Å². The number of hydrogen-bond acceptors (Lipinski definition) is 6. The van der Waals surface area contributed by atoms with Crippen LogP contribution in [-0.4, -0.2) is 35.7 Å². The fourth-order valence-corrected chi connectivity index (χ4v) is 8.86. The van der Waals surface area contributed by atoms with Crippen LogP contribution in [-0.2, 0) is 21.9 Å². The first-order valence-electron chi connectivity index (χ1n) is 16.6. The lowest BCUT2D eigenvalue weighted by molar-refractivity contribution is -0.140.